The summed E-state index contributed by atoms with van der Waals surface area (Å²) < 4.78 is 0. The molecule has 0 radical (unpaired) electrons. The summed E-state index contributed by atoms with van der Waals surface area (Å²) in [5.41, 5.74) is 1.38. The second-order valence-electron chi connectivity index (χ2n) is 6.46. The smallest absolute Gasteiger partial charge is 0.0271 e. The van der Waals surface area contributed by atoms with Crippen LogP contribution in [-0.4, -0.2) is 35.1 Å². The second-order valence-corrected chi connectivity index (χ2v) is 6.46. The van der Waals surface area contributed by atoms with Gasteiger partial charge in [0.15, 0.2) is 0 Å². The van der Waals surface area contributed by atoms with Crippen molar-refractivity contribution in [2.45, 2.75) is 58.7 Å². The molecular weight excluding hydrogens is 246 g/mol. The molecule has 3 heteroatoms. The lowest BCUT2D eigenvalue weighted by atomic mass is 9.97. The number of nitrogens with zero attached hydrogens (tertiary/aromatic N) is 2. The average Bonchev–Trinajstić information content (AvgIpc) is 2.42. The zero-order chi connectivity index (χ0) is 14.4. The van der Waals surface area contributed by atoms with Crippen molar-refractivity contribution in [3.63, 3.8) is 0 Å². The van der Waals surface area contributed by atoms with Gasteiger partial charge in [-0.2, -0.15) is 0 Å². The molecule has 1 aromatic heterocycles. The summed E-state index contributed by atoms with van der Waals surface area (Å²) in [4.78, 5) is 6.79. The van der Waals surface area contributed by atoms with E-state index in [1.54, 1.807) is 0 Å². The first-order valence-electron chi connectivity index (χ1n) is 8.05. The standard InChI is InChI=1S/C17H29N3/c1-4-5-17-11-19-16(10-14(2)3)13-20(17)12-15-6-8-18-9-7-15/h6-9,14,16-17,19H,4-5,10-13H2,1-3H3. The van der Waals surface area contributed by atoms with Crippen LogP contribution in [0.1, 0.15) is 45.6 Å². The predicted octanol–water partition coefficient (Wildman–Crippen LogP) is 3.07. The van der Waals surface area contributed by atoms with Gasteiger partial charge in [0.25, 0.3) is 0 Å². The van der Waals surface area contributed by atoms with Crippen LogP contribution in [-0.2, 0) is 6.54 Å². The van der Waals surface area contributed by atoms with Crippen molar-refractivity contribution in [1.29, 1.82) is 0 Å². The summed E-state index contributed by atoms with van der Waals surface area (Å²) in [7, 11) is 0. The molecule has 0 aromatic carbocycles. The van der Waals surface area contributed by atoms with E-state index in [0.29, 0.717) is 12.1 Å². The van der Waals surface area contributed by atoms with E-state index in [2.05, 4.69) is 48.1 Å². The van der Waals surface area contributed by atoms with E-state index >= 15 is 0 Å². The Hall–Kier alpha value is -0.930. The van der Waals surface area contributed by atoms with E-state index in [9.17, 15) is 0 Å². The summed E-state index contributed by atoms with van der Waals surface area (Å²) in [5, 5.41) is 3.75. The fourth-order valence-corrected chi connectivity index (χ4v) is 3.19. The lowest BCUT2D eigenvalue weighted by Gasteiger charge is -2.41. The third kappa shape index (κ3) is 4.57. The van der Waals surface area contributed by atoms with E-state index in [1.807, 2.05) is 12.4 Å². The minimum atomic E-state index is 0.643. The quantitative estimate of drug-likeness (QED) is 0.865. The number of nitrogens with one attached hydrogen (secondary N) is 1. The largest absolute Gasteiger partial charge is 0.311 e. The van der Waals surface area contributed by atoms with Gasteiger partial charge < -0.3 is 5.32 Å². The van der Waals surface area contributed by atoms with E-state index in [-0.39, 0.29) is 0 Å². The van der Waals surface area contributed by atoms with Gasteiger partial charge in [-0.25, -0.2) is 0 Å². The van der Waals surface area contributed by atoms with Gasteiger partial charge in [-0.05, 0) is 36.5 Å². The number of aromatic nitrogens is 1. The Morgan fingerprint density at radius 3 is 2.75 bits per heavy atom. The maximum Gasteiger partial charge on any atom is 0.0271 e. The Kier molecular flexibility index (Phi) is 5.99. The SMILES string of the molecule is CCCC1CNC(CC(C)C)CN1Cc1ccncc1. The summed E-state index contributed by atoms with van der Waals surface area (Å²) in [6.07, 6.45) is 7.61. The van der Waals surface area contributed by atoms with Gasteiger partial charge in [0, 0.05) is 44.1 Å². The topological polar surface area (TPSA) is 28.2 Å². The van der Waals surface area contributed by atoms with Gasteiger partial charge in [0.1, 0.15) is 0 Å². The molecule has 1 aliphatic rings. The highest BCUT2D eigenvalue weighted by molar-refractivity contribution is 5.10. The van der Waals surface area contributed by atoms with Crippen molar-refractivity contribution in [3.8, 4) is 0 Å². The Labute approximate surface area is 123 Å². The molecule has 0 spiro atoms. The predicted molar refractivity (Wildman–Crippen MR) is 84.6 cm³/mol. The molecule has 2 heterocycles. The Balaban J connectivity index is 1.99. The average molecular weight is 275 g/mol. The van der Waals surface area contributed by atoms with Crippen LogP contribution in [0.5, 0.6) is 0 Å². The number of rotatable bonds is 6. The van der Waals surface area contributed by atoms with Crippen molar-refractivity contribution in [2.24, 2.45) is 5.92 Å². The number of hydrogen-bond acceptors (Lipinski definition) is 3. The van der Waals surface area contributed by atoms with Gasteiger partial charge in [0.05, 0.1) is 0 Å². The summed E-state index contributed by atoms with van der Waals surface area (Å²) in [6.45, 7) is 10.3. The Bertz CT molecular complexity index is 377. The van der Waals surface area contributed by atoms with Gasteiger partial charge in [-0.3, -0.25) is 9.88 Å². The third-order valence-electron chi connectivity index (χ3n) is 4.13. The highest BCUT2D eigenvalue weighted by Gasteiger charge is 2.27. The van der Waals surface area contributed by atoms with Crippen molar-refractivity contribution >= 4 is 0 Å². The molecule has 0 aliphatic carbocycles. The van der Waals surface area contributed by atoms with E-state index in [1.165, 1.54) is 31.4 Å². The minimum absolute atomic E-state index is 0.643. The maximum atomic E-state index is 4.12. The monoisotopic (exact) mass is 275 g/mol. The van der Waals surface area contributed by atoms with Crippen molar-refractivity contribution < 1.29 is 0 Å². The summed E-state index contributed by atoms with van der Waals surface area (Å²) in [6, 6.07) is 5.60. The van der Waals surface area contributed by atoms with Crippen LogP contribution >= 0.6 is 0 Å². The van der Waals surface area contributed by atoms with Crippen LogP contribution in [0.15, 0.2) is 24.5 Å². The van der Waals surface area contributed by atoms with Gasteiger partial charge in [0.2, 0.25) is 0 Å². The van der Waals surface area contributed by atoms with Crippen molar-refractivity contribution in [2.75, 3.05) is 13.1 Å². The molecule has 112 valence electrons. The first-order chi connectivity index (χ1) is 9.69. The molecule has 20 heavy (non-hydrogen) atoms. The fraction of sp³-hybridized carbons (Fsp3) is 0.706. The molecule has 1 saturated heterocycles. The van der Waals surface area contributed by atoms with E-state index in [4.69, 9.17) is 0 Å². The molecule has 2 rings (SSSR count). The number of hydrogen-bond donors (Lipinski definition) is 1. The molecule has 1 fully saturated rings. The van der Waals surface area contributed by atoms with E-state index < -0.39 is 0 Å². The summed E-state index contributed by atoms with van der Waals surface area (Å²) in [5.74, 6) is 0.762. The molecule has 0 bridgehead atoms. The Morgan fingerprint density at radius 1 is 1.35 bits per heavy atom. The van der Waals surface area contributed by atoms with Crippen LogP contribution < -0.4 is 5.32 Å². The number of piperazine rings is 1. The Morgan fingerprint density at radius 2 is 2.10 bits per heavy atom. The molecule has 0 saturated carbocycles. The van der Waals surface area contributed by atoms with Crippen LogP contribution in [0.3, 0.4) is 0 Å². The van der Waals surface area contributed by atoms with Gasteiger partial charge >= 0.3 is 0 Å². The minimum Gasteiger partial charge on any atom is -0.311 e. The summed E-state index contributed by atoms with van der Waals surface area (Å²) >= 11 is 0. The molecule has 1 N–H and O–H groups in total. The van der Waals surface area contributed by atoms with Crippen LogP contribution in [0.4, 0.5) is 0 Å². The third-order valence-corrected chi connectivity index (χ3v) is 4.13. The highest BCUT2D eigenvalue weighted by Crippen LogP contribution is 2.18. The normalized spacial score (nSPS) is 24.2. The van der Waals surface area contributed by atoms with Gasteiger partial charge in [-0.15, -0.1) is 0 Å². The van der Waals surface area contributed by atoms with Crippen LogP contribution in [0.2, 0.25) is 0 Å². The molecular formula is C17H29N3. The first kappa shape index (κ1) is 15.5. The molecule has 1 aliphatic heterocycles. The second kappa shape index (κ2) is 7.75. The van der Waals surface area contributed by atoms with Gasteiger partial charge in [-0.1, -0.05) is 27.2 Å². The molecule has 0 amide bonds. The van der Waals surface area contributed by atoms with Crippen molar-refractivity contribution in [3.05, 3.63) is 30.1 Å². The van der Waals surface area contributed by atoms with Crippen LogP contribution in [0.25, 0.3) is 0 Å². The fourth-order valence-electron chi connectivity index (χ4n) is 3.19. The molecule has 2 atom stereocenters. The van der Waals surface area contributed by atoms with Crippen molar-refractivity contribution in [1.82, 2.24) is 15.2 Å². The lowest BCUT2D eigenvalue weighted by Crippen LogP contribution is -2.56. The zero-order valence-corrected chi connectivity index (χ0v) is 13.2. The first-order valence-corrected chi connectivity index (χ1v) is 8.05. The molecule has 2 unspecified atom stereocenters. The van der Waals surface area contributed by atoms with Crippen LogP contribution in [0, 0.1) is 5.92 Å². The lowest BCUT2D eigenvalue weighted by molar-refractivity contribution is 0.107. The highest BCUT2D eigenvalue weighted by atomic mass is 15.2. The molecule has 1 aromatic rings. The maximum absolute atomic E-state index is 4.12. The zero-order valence-electron chi connectivity index (χ0n) is 13.2. The molecule has 3 nitrogen and oxygen atoms in total. The number of pyridine rings is 1. The van der Waals surface area contributed by atoms with E-state index in [0.717, 1.165) is 19.0 Å².